The predicted octanol–water partition coefficient (Wildman–Crippen LogP) is 5.33. The van der Waals surface area contributed by atoms with Gasteiger partial charge in [-0.3, -0.25) is 10.1 Å². The molecule has 158 valence electrons. The average molecular weight is 428 g/mol. The third kappa shape index (κ3) is 5.20. The fourth-order valence-electron chi connectivity index (χ4n) is 2.93. The van der Waals surface area contributed by atoms with Gasteiger partial charge in [0.15, 0.2) is 0 Å². The van der Waals surface area contributed by atoms with Gasteiger partial charge in [-0.05, 0) is 29.7 Å². The number of methoxy groups -OCH3 is 1. The zero-order valence-electron chi connectivity index (χ0n) is 17.5. The lowest BCUT2D eigenvalue weighted by molar-refractivity contribution is -0.385. The maximum atomic E-state index is 11.1. The van der Waals surface area contributed by atoms with Crippen molar-refractivity contribution in [2.45, 2.75) is 42.9 Å². The molecule has 0 N–H and O–H groups in total. The molecule has 3 rings (SSSR count). The molecular weight excluding hydrogens is 402 g/mol. The first-order valence-corrected chi connectivity index (χ1v) is 10.4. The Bertz CT molecular complexity index is 1020. The lowest BCUT2D eigenvalue weighted by Crippen LogP contribution is -2.02. The normalized spacial score (nSPS) is 11.1. The van der Waals surface area contributed by atoms with Crippen LogP contribution in [0.3, 0.4) is 0 Å². The van der Waals surface area contributed by atoms with Gasteiger partial charge in [0.1, 0.15) is 23.2 Å². The van der Waals surface area contributed by atoms with Crippen LogP contribution in [0.1, 0.15) is 36.8 Å². The summed E-state index contributed by atoms with van der Waals surface area (Å²) in [5, 5.41) is 12.0. The van der Waals surface area contributed by atoms with Crippen LogP contribution in [0, 0.1) is 10.1 Å². The van der Waals surface area contributed by atoms with E-state index in [2.05, 4.69) is 13.8 Å². The van der Waals surface area contributed by atoms with Gasteiger partial charge < -0.3 is 14.0 Å². The second kappa shape index (κ2) is 9.77. The number of benzene rings is 2. The monoisotopic (exact) mass is 427 g/mol. The highest BCUT2D eigenvalue weighted by atomic mass is 32.2. The summed E-state index contributed by atoms with van der Waals surface area (Å²) in [4.78, 5) is 16.3. The molecule has 0 spiro atoms. The number of non-ortho nitro benzene ring substituents is 1. The van der Waals surface area contributed by atoms with Crippen LogP contribution in [0.15, 0.2) is 58.5 Å². The molecule has 3 aromatic rings. The molecule has 1 heterocycles. The van der Waals surface area contributed by atoms with E-state index in [1.54, 1.807) is 19.2 Å². The second-order valence-electron chi connectivity index (χ2n) is 7.13. The van der Waals surface area contributed by atoms with E-state index in [-0.39, 0.29) is 16.5 Å². The number of nitrogens with zero attached hydrogens (tertiary/aromatic N) is 3. The van der Waals surface area contributed by atoms with Gasteiger partial charge in [-0.1, -0.05) is 43.8 Å². The highest BCUT2D eigenvalue weighted by Gasteiger charge is 2.19. The summed E-state index contributed by atoms with van der Waals surface area (Å²) in [5.74, 6) is 1.85. The molecule has 0 aliphatic heterocycles. The van der Waals surface area contributed by atoms with Crippen molar-refractivity contribution in [3.05, 3.63) is 75.7 Å². The van der Waals surface area contributed by atoms with Gasteiger partial charge in [0, 0.05) is 24.1 Å². The molecule has 0 aliphatic rings. The topological polar surface area (TPSA) is 79.4 Å². The van der Waals surface area contributed by atoms with Crippen LogP contribution < -0.4 is 4.74 Å². The van der Waals surface area contributed by atoms with Crippen molar-refractivity contribution in [3.8, 4) is 5.75 Å². The van der Waals surface area contributed by atoms with E-state index in [0.29, 0.717) is 13.2 Å². The molecule has 0 bridgehead atoms. The standard InChI is InChI=1S/C22H25N3O4S/c1-15(2)21-22(30-19-7-5-6-17(12-19)25(26)27)24(3)20(23-21)14-29-13-16-8-10-18(28-4)11-9-16/h5-12,15H,13-14H2,1-4H3. The van der Waals surface area contributed by atoms with E-state index in [4.69, 9.17) is 14.5 Å². The number of hydrogen-bond donors (Lipinski definition) is 0. The smallest absolute Gasteiger partial charge is 0.270 e. The first kappa shape index (κ1) is 21.9. The molecule has 0 aliphatic carbocycles. The van der Waals surface area contributed by atoms with Crippen LogP contribution in [0.25, 0.3) is 0 Å². The third-order valence-corrected chi connectivity index (χ3v) is 5.78. The van der Waals surface area contributed by atoms with E-state index in [9.17, 15) is 10.1 Å². The summed E-state index contributed by atoms with van der Waals surface area (Å²) >= 11 is 1.48. The Morgan fingerprint density at radius 2 is 1.90 bits per heavy atom. The van der Waals surface area contributed by atoms with Crippen LogP contribution in [0.5, 0.6) is 5.75 Å². The van der Waals surface area contributed by atoms with E-state index in [1.165, 1.54) is 17.8 Å². The second-order valence-corrected chi connectivity index (χ2v) is 8.19. The molecule has 0 atom stereocenters. The minimum absolute atomic E-state index is 0.0799. The summed E-state index contributed by atoms with van der Waals surface area (Å²) in [6.07, 6.45) is 0. The first-order chi connectivity index (χ1) is 14.4. The van der Waals surface area contributed by atoms with Gasteiger partial charge >= 0.3 is 0 Å². The molecule has 0 saturated carbocycles. The molecule has 8 heteroatoms. The Morgan fingerprint density at radius 3 is 2.53 bits per heavy atom. The Labute approximate surface area is 180 Å². The fraction of sp³-hybridized carbons (Fsp3) is 0.318. The number of aromatic nitrogens is 2. The molecule has 0 saturated heterocycles. The fourth-order valence-corrected chi connectivity index (χ4v) is 4.11. The number of ether oxygens (including phenoxy) is 2. The molecule has 30 heavy (non-hydrogen) atoms. The predicted molar refractivity (Wildman–Crippen MR) is 116 cm³/mol. The summed E-state index contributed by atoms with van der Waals surface area (Å²) in [6, 6.07) is 14.4. The van der Waals surface area contributed by atoms with Crippen LogP contribution in [0.2, 0.25) is 0 Å². The summed E-state index contributed by atoms with van der Waals surface area (Å²) in [5.41, 5.74) is 2.09. The minimum Gasteiger partial charge on any atom is -0.497 e. The number of hydrogen-bond acceptors (Lipinski definition) is 6. The maximum absolute atomic E-state index is 11.1. The molecule has 0 amide bonds. The SMILES string of the molecule is COc1ccc(COCc2nc(C(C)C)c(Sc3cccc([N+](=O)[O-])c3)n2C)cc1. The Kier molecular flexibility index (Phi) is 7.12. The number of nitro groups is 1. The van der Waals surface area contributed by atoms with Gasteiger partial charge in [-0.25, -0.2) is 4.98 Å². The van der Waals surface area contributed by atoms with Gasteiger partial charge in [-0.15, -0.1) is 0 Å². The van der Waals surface area contributed by atoms with Crippen LogP contribution in [-0.2, 0) is 25.0 Å². The average Bonchev–Trinajstić information content (AvgIpc) is 3.04. The Morgan fingerprint density at radius 1 is 1.17 bits per heavy atom. The van der Waals surface area contributed by atoms with Crippen molar-refractivity contribution in [2.24, 2.45) is 7.05 Å². The Balaban J connectivity index is 1.74. The van der Waals surface area contributed by atoms with Crippen molar-refractivity contribution in [3.63, 3.8) is 0 Å². The molecular formula is C22H25N3O4S. The van der Waals surface area contributed by atoms with Crippen molar-refractivity contribution in [1.29, 1.82) is 0 Å². The molecule has 0 unspecified atom stereocenters. The highest BCUT2D eigenvalue weighted by Crippen LogP contribution is 2.35. The van der Waals surface area contributed by atoms with Crippen LogP contribution >= 0.6 is 11.8 Å². The first-order valence-electron chi connectivity index (χ1n) is 9.57. The third-order valence-electron chi connectivity index (χ3n) is 4.61. The van der Waals surface area contributed by atoms with Crippen molar-refractivity contribution in [2.75, 3.05) is 7.11 Å². The van der Waals surface area contributed by atoms with Gasteiger partial charge in [0.25, 0.3) is 5.69 Å². The zero-order chi connectivity index (χ0) is 21.7. The van der Waals surface area contributed by atoms with E-state index in [0.717, 1.165) is 32.8 Å². The van der Waals surface area contributed by atoms with E-state index in [1.807, 2.05) is 41.9 Å². The molecule has 2 aromatic carbocycles. The molecule has 1 aromatic heterocycles. The lowest BCUT2D eigenvalue weighted by atomic mass is 10.2. The van der Waals surface area contributed by atoms with Crippen molar-refractivity contribution < 1.29 is 14.4 Å². The minimum atomic E-state index is -0.380. The van der Waals surface area contributed by atoms with Crippen molar-refractivity contribution in [1.82, 2.24) is 9.55 Å². The summed E-state index contributed by atoms with van der Waals surface area (Å²) < 4.78 is 13.1. The lowest BCUT2D eigenvalue weighted by Gasteiger charge is -2.09. The van der Waals surface area contributed by atoms with E-state index < -0.39 is 0 Å². The summed E-state index contributed by atoms with van der Waals surface area (Å²) in [7, 11) is 3.59. The number of rotatable bonds is 9. The number of nitro benzene ring substituents is 1. The molecule has 7 nitrogen and oxygen atoms in total. The number of imidazole rings is 1. The molecule has 0 radical (unpaired) electrons. The van der Waals surface area contributed by atoms with Crippen molar-refractivity contribution >= 4 is 17.4 Å². The highest BCUT2D eigenvalue weighted by molar-refractivity contribution is 7.99. The summed E-state index contributed by atoms with van der Waals surface area (Å²) in [6.45, 7) is 5.02. The van der Waals surface area contributed by atoms with Gasteiger partial charge in [-0.2, -0.15) is 0 Å². The van der Waals surface area contributed by atoms with Gasteiger partial charge in [0.05, 0.1) is 24.3 Å². The quantitative estimate of drug-likeness (QED) is 0.339. The van der Waals surface area contributed by atoms with E-state index >= 15 is 0 Å². The Hall–Kier alpha value is -2.84. The maximum Gasteiger partial charge on any atom is 0.270 e. The molecule has 0 fully saturated rings. The van der Waals surface area contributed by atoms with Gasteiger partial charge in [0.2, 0.25) is 0 Å². The van der Waals surface area contributed by atoms with Crippen LogP contribution in [0.4, 0.5) is 5.69 Å². The van der Waals surface area contributed by atoms with Crippen LogP contribution in [-0.4, -0.2) is 21.6 Å². The zero-order valence-corrected chi connectivity index (χ0v) is 18.3. The largest absolute Gasteiger partial charge is 0.497 e.